The molecule has 1 aliphatic rings. The van der Waals surface area contributed by atoms with Gasteiger partial charge in [-0.25, -0.2) is 9.50 Å². The van der Waals surface area contributed by atoms with E-state index in [0.29, 0.717) is 10.9 Å². The molecule has 1 aromatic carbocycles. The molecule has 1 N–H and O–H groups in total. The van der Waals surface area contributed by atoms with Crippen LogP contribution in [0.4, 0.5) is 5.82 Å². The third-order valence-corrected chi connectivity index (χ3v) is 4.76. The summed E-state index contributed by atoms with van der Waals surface area (Å²) in [6.07, 6.45) is 9.25. The van der Waals surface area contributed by atoms with Gasteiger partial charge >= 0.3 is 0 Å². The lowest BCUT2D eigenvalue weighted by Crippen LogP contribution is -2.02. The lowest BCUT2D eigenvalue weighted by molar-refractivity contribution is 0.427. The molecule has 1 aliphatic carbocycles. The molecular weight excluding hydrogens is 382 g/mol. The Morgan fingerprint density at radius 1 is 1.17 bits per heavy atom. The molecule has 0 bridgehead atoms. The van der Waals surface area contributed by atoms with Gasteiger partial charge in [-0.1, -0.05) is 63.3 Å². The van der Waals surface area contributed by atoms with E-state index >= 15 is 0 Å². The fourth-order valence-corrected chi connectivity index (χ4v) is 3.27. The number of nitriles is 1. The van der Waals surface area contributed by atoms with Crippen LogP contribution >= 0.6 is 11.6 Å². The van der Waals surface area contributed by atoms with Gasteiger partial charge in [0.25, 0.3) is 0 Å². The number of halogens is 1. The lowest BCUT2D eigenvalue weighted by atomic mass is 9.91. The molecule has 29 heavy (non-hydrogen) atoms. The maximum atomic E-state index is 8.44. The summed E-state index contributed by atoms with van der Waals surface area (Å²) >= 11 is 6.01. The highest BCUT2D eigenvalue weighted by atomic mass is 35.5. The van der Waals surface area contributed by atoms with E-state index < -0.39 is 0 Å². The maximum absolute atomic E-state index is 8.44. The molecule has 1 saturated carbocycles. The highest BCUT2D eigenvalue weighted by Gasteiger charge is 2.10. The first-order chi connectivity index (χ1) is 14.1. The Hall–Kier alpha value is -2.58. The molecule has 6 heteroatoms. The van der Waals surface area contributed by atoms with Crippen molar-refractivity contribution in [1.29, 1.82) is 5.26 Å². The first kappa shape index (κ1) is 22.7. The number of rotatable bonds is 2. The minimum atomic E-state index is 0.392. The fourth-order valence-electron chi connectivity index (χ4n) is 3.08. The molecule has 3 aromatic rings. The first-order valence-corrected chi connectivity index (χ1v) is 10.7. The van der Waals surface area contributed by atoms with Gasteiger partial charge in [-0.05, 0) is 37.1 Å². The average molecular weight is 412 g/mol. The van der Waals surface area contributed by atoms with Crippen LogP contribution in [-0.2, 0) is 0 Å². The van der Waals surface area contributed by atoms with E-state index in [1.165, 1.54) is 25.7 Å². The summed E-state index contributed by atoms with van der Waals surface area (Å²) in [6, 6.07) is 13.8. The third kappa shape index (κ3) is 6.76. The van der Waals surface area contributed by atoms with Gasteiger partial charge in [0.1, 0.15) is 5.82 Å². The van der Waals surface area contributed by atoms with Crippen LogP contribution in [0.25, 0.3) is 16.9 Å². The Bertz CT molecular complexity index is 922. The van der Waals surface area contributed by atoms with Crippen molar-refractivity contribution in [3.63, 3.8) is 0 Å². The Kier molecular flexibility index (Phi) is 9.46. The van der Waals surface area contributed by atoms with Gasteiger partial charge in [0.15, 0.2) is 5.65 Å². The zero-order valence-electron chi connectivity index (χ0n) is 17.5. The summed E-state index contributed by atoms with van der Waals surface area (Å²) in [4.78, 5) is 4.33. The van der Waals surface area contributed by atoms with Crippen molar-refractivity contribution in [2.75, 3.05) is 12.4 Å². The predicted octanol–water partition coefficient (Wildman–Crippen LogP) is 6.60. The Morgan fingerprint density at radius 3 is 2.48 bits per heavy atom. The van der Waals surface area contributed by atoms with Crippen molar-refractivity contribution in [2.24, 2.45) is 5.92 Å². The van der Waals surface area contributed by atoms with Crippen LogP contribution in [-0.4, -0.2) is 21.6 Å². The molecule has 0 atom stereocenters. The molecule has 0 aliphatic heterocycles. The van der Waals surface area contributed by atoms with Crippen LogP contribution in [0.3, 0.4) is 0 Å². The largest absolute Gasteiger partial charge is 0.372 e. The van der Waals surface area contributed by atoms with E-state index in [4.69, 9.17) is 16.9 Å². The van der Waals surface area contributed by atoms with Crippen LogP contribution in [0.2, 0.25) is 5.02 Å². The number of hydrogen-bond acceptors (Lipinski definition) is 4. The number of nitrogens with zero attached hydrogens (tertiary/aromatic N) is 4. The monoisotopic (exact) mass is 411 g/mol. The van der Waals surface area contributed by atoms with Gasteiger partial charge in [0, 0.05) is 23.6 Å². The average Bonchev–Trinajstić information content (AvgIpc) is 3.18. The fraction of sp³-hybridized carbons (Fsp3) is 0.435. The van der Waals surface area contributed by atoms with Gasteiger partial charge < -0.3 is 5.32 Å². The smallest absolute Gasteiger partial charge is 0.154 e. The molecule has 2 heterocycles. The summed E-state index contributed by atoms with van der Waals surface area (Å²) in [5.74, 6) is 1.19. The SMILES string of the molecule is CCC.CNc1ccc2ncc(-c3cccc(Cl)c3)n2n1.N#CC1CCCCC1. The van der Waals surface area contributed by atoms with Gasteiger partial charge in [-0.2, -0.15) is 5.26 Å². The van der Waals surface area contributed by atoms with Crippen molar-refractivity contribution in [3.8, 4) is 17.3 Å². The predicted molar refractivity (Wildman–Crippen MR) is 121 cm³/mol. The second-order valence-corrected chi connectivity index (χ2v) is 7.50. The summed E-state index contributed by atoms with van der Waals surface area (Å²) < 4.78 is 1.80. The molecule has 5 nitrogen and oxygen atoms in total. The van der Waals surface area contributed by atoms with Crippen molar-refractivity contribution < 1.29 is 0 Å². The van der Waals surface area contributed by atoms with Crippen LogP contribution in [0.5, 0.6) is 0 Å². The number of benzene rings is 1. The molecule has 0 saturated heterocycles. The van der Waals surface area contributed by atoms with E-state index in [9.17, 15) is 0 Å². The second-order valence-electron chi connectivity index (χ2n) is 7.06. The Labute approximate surface area is 178 Å². The number of fused-ring (bicyclic) bond motifs is 1. The quantitative estimate of drug-likeness (QED) is 0.515. The highest BCUT2D eigenvalue weighted by Crippen LogP contribution is 2.24. The lowest BCUT2D eigenvalue weighted by Gasteiger charge is -2.13. The van der Waals surface area contributed by atoms with Crippen LogP contribution in [0.1, 0.15) is 52.4 Å². The molecule has 0 spiro atoms. The van der Waals surface area contributed by atoms with Crippen LogP contribution in [0, 0.1) is 17.2 Å². The highest BCUT2D eigenvalue weighted by molar-refractivity contribution is 6.30. The van der Waals surface area contributed by atoms with E-state index in [1.807, 2.05) is 43.4 Å². The molecule has 4 rings (SSSR count). The zero-order valence-corrected chi connectivity index (χ0v) is 18.3. The van der Waals surface area contributed by atoms with Crippen molar-refractivity contribution in [3.05, 3.63) is 47.6 Å². The minimum Gasteiger partial charge on any atom is -0.372 e. The summed E-state index contributed by atoms with van der Waals surface area (Å²) in [5.41, 5.74) is 2.73. The molecule has 1 fully saturated rings. The van der Waals surface area contributed by atoms with Gasteiger partial charge in [0.2, 0.25) is 0 Å². The summed E-state index contributed by atoms with van der Waals surface area (Å²) in [6.45, 7) is 4.25. The minimum absolute atomic E-state index is 0.392. The van der Waals surface area contributed by atoms with E-state index in [0.717, 1.165) is 35.6 Å². The van der Waals surface area contributed by atoms with E-state index in [-0.39, 0.29) is 0 Å². The van der Waals surface area contributed by atoms with Gasteiger partial charge in [0.05, 0.1) is 18.0 Å². The molecule has 154 valence electrons. The number of anilines is 1. The molecule has 2 aromatic heterocycles. The van der Waals surface area contributed by atoms with Crippen LogP contribution < -0.4 is 5.32 Å². The summed E-state index contributed by atoms with van der Waals surface area (Å²) in [5, 5.41) is 16.6. The molecular formula is C23H30ClN5. The second kappa shape index (κ2) is 12.1. The maximum Gasteiger partial charge on any atom is 0.154 e. The van der Waals surface area contributed by atoms with Gasteiger partial charge in [-0.3, -0.25) is 0 Å². The Morgan fingerprint density at radius 2 is 1.90 bits per heavy atom. The molecule has 0 radical (unpaired) electrons. The normalized spacial score (nSPS) is 13.5. The van der Waals surface area contributed by atoms with E-state index in [2.05, 4.69) is 35.3 Å². The van der Waals surface area contributed by atoms with E-state index in [1.54, 1.807) is 10.7 Å². The standard InChI is InChI=1S/C13H11ClN4.C7H11N.C3H8/c1-15-12-5-6-13-16-8-11(18(13)17-12)9-3-2-4-10(14)7-9;8-6-7-4-2-1-3-5-7;1-3-2/h2-8H,1H3,(H,15,17);7H,1-5H2;3H2,1-2H3. The van der Waals surface area contributed by atoms with Gasteiger partial charge in [-0.15, -0.1) is 5.10 Å². The van der Waals surface area contributed by atoms with Crippen molar-refractivity contribution in [1.82, 2.24) is 14.6 Å². The molecule has 0 unspecified atom stereocenters. The number of nitrogens with one attached hydrogen (secondary N) is 1. The van der Waals surface area contributed by atoms with Crippen molar-refractivity contribution in [2.45, 2.75) is 52.4 Å². The third-order valence-electron chi connectivity index (χ3n) is 4.53. The number of imidazole rings is 1. The topological polar surface area (TPSA) is 66.0 Å². The number of hydrogen-bond donors (Lipinski definition) is 1. The van der Waals surface area contributed by atoms with Crippen LogP contribution in [0.15, 0.2) is 42.6 Å². The first-order valence-electron chi connectivity index (χ1n) is 10.3. The summed E-state index contributed by atoms with van der Waals surface area (Å²) in [7, 11) is 1.84. The molecule has 0 amide bonds. The zero-order chi connectivity index (χ0) is 21.1. The number of aromatic nitrogens is 3. The van der Waals surface area contributed by atoms with Crippen molar-refractivity contribution >= 4 is 23.1 Å². The Balaban J connectivity index is 0.000000228.